The minimum absolute atomic E-state index is 0.0706. The van der Waals surface area contributed by atoms with Crippen molar-refractivity contribution in [3.63, 3.8) is 0 Å². The maximum atomic E-state index is 12.7. The van der Waals surface area contributed by atoms with Gasteiger partial charge in [-0.05, 0) is 19.4 Å². The van der Waals surface area contributed by atoms with Crippen molar-refractivity contribution in [1.29, 1.82) is 0 Å². The van der Waals surface area contributed by atoms with Crippen LogP contribution in [-0.4, -0.2) is 69.4 Å². The number of carbonyl (C=O) groups excluding carboxylic acids is 1. The van der Waals surface area contributed by atoms with Gasteiger partial charge in [0.1, 0.15) is 17.9 Å². The number of aryl methyl sites for hydroxylation is 1. The molecule has 0 radical (unpaired) electrons. The van der Waals surface area contributed by atoms with Gasteiger partial charge in [-0.25, -0.2) is 4.79 Å². The molecule has 0 unspecified atom stereocenters. The van der Waals surface area contributed by atoms with Crippen LogP contribution in [0.2, 0.25) is 0 Å². The first-order chi connectivity index (χ1) is 12.8. The lowest BCUT2D eigenvalue weighted by Crippen LogP contribution is -2.44. The summed E-state index contributed by atoms with van der Waals surface area (Å²) in [5.74, 6) is 0.109. The third-order valence-corrected chi connectivity index (χ3v) is 4.82. The van der Waals surface area contributed by atoms with E-state index in [4.69, 9.17) is 10.3 Å². The van der Waals surface area contributed by atoms with Crippen molar-refractivity contribution in [2.75, 3.05) is 19.6 Å². The number of nitrogens with one attached hydrogen (secondary N) is 1. The molecule has 0 aliphatic carbocycles. The Hall–Kier alpha value is -2.26. The van der Waals surface area contributed by atoms with Gasteiger partial charge in [-0.3, -0.25) is 24.9 Å². The monoisotopic (exact) mass is 403 g/mol. The van der Waals surface area contributed by atoms with E-state index in [1.54, 1.807) is 7.05 Å². The molecule has 2 amide bonds. The molecule has 27 heavy (non-hydrogen) atoms. The highest BCUT2D eigenvalue weighted by Gasteiger charge is 2.53. The van der Waals surface area contributed by atoms with Crippen LogP contribution in [0.4, 0.5) is 4.79 Å². The van der Waals surface area contributed by atoms with E-state index >= 15 is 0 Å². The average molecular weight is 403 g/mol. The number of hydrogen-bond acceptors (Lipinski definition) is 8. The topological polar surface area (TPSA) is 176 Å². The summed E-state index contributed by atoms with van der Waals surface area (Å²) in [6.07, 6.45) is 2.93. The molecule has 5 N–H and O–H groups in total. The van der Waals surface area contributed by atoms with Crippen molar-refractivity contribution in [3.05, 3.63) is 17.5 Å². The number of unbranched alkanes of at least 4 members (excludes halogenated alkanes) is 1. The van der Waals surface area contributed by atoms with Crippen molar-refractivity contribution in [2.45, 2.75) is 24.9 Å². The Labute approximate surface area is 155 Å². The van der Waals surface area contributed by atoms with E-state index in [2.05, 4.69) is 14.4 Å². The second-order valence-electron chi connectivity index (χ2n) is 6.16. The first-order valence-electron chi connectivity index (χ1n) is 8.21. The first-order valence-corrected chi connectivity index (χ1v) is 9.58. The summed E-state index contributed by atoms with van der Waals surface area (Å²) in [5, 5.41) is 14.3. The highest BCUT2D eigenvalue weighted by atomic mass is 32.3. The highest BCUT2D eigenvalue weighted by Crippen LogP contribution is 2.44. The van der Waals surface area contributed by atoms with Crippen LogP contribution in [0, 0.1) is 0 Å². The number of amides is 2. The summed E-state index contributed by atoms with van der Waals surface area (Å²) in [5.41, 5.74) is 8.55. The number of aromatic nitrogens is 2. The third kappa shape index (κ3) is 3.61. The number of rotatable bonds is 7. The van der Waals surface area contributed by atoms with Gasteiger partial charge in [-0.2, -0.15) is 18.6 Å². The Kier molecular flexibility index (Phi) is 5.34. The van der Waals surface area contributed by atoms with Crippen LogP contribution in [0.3, 0.4) is 0 Å². The van der Waals surface area contributed by atoms with Gasteiger partial charge in [-0.1, -0.05) is 0 Å². The standard InChI is InChI=1S/C13H21N7O6S/c1-18-10-8(6-16-18)9-7-19(13(21)20(9)26-27(23,24)25)11(10)12(17-22)15-5-3-2-4-14/h6,9,11,22H,2-5,7,14H2,1H3,(H,15,17)(H,23,24,25)/t9-,11-/m0/s1. The number of hydroxylamine groups is 3. The van der Waals surface area contributed by atoms with E-state index in [1.165, 1.54) is 15.8 Å². The zero-order valence-electron chi connectivity index (χ0n) is 14.5. The number of nitrogens with zero attached hydrogens (tertiary/aromatic N) is 5. The van der Waals surface area contributed by atoms with Crippen molar-refractivity contribution >= 4 is 22.3 Å². The molecule has 0 saturated carbocycles. The normalized spacial score (nSPS) is 22.4. The first kappa shape index (κ1) is 19.5. The van der Waals surface area contributed by atoms with Crippen molar-refractivity contribution in [2.24, 2.45) is 17.8 Å². The number of nitrogens with two attached hydrogens (primary N) is 1. The summed E-state index contributed by atoms with van der Waals surface area (Å²) in [6.45, 7) is 0.961. The van der Waals surface area contributed by atoms with Crippen molar-refractivity contribution in [1.82, 2.24) is 25.2 Å². The molecule has 0 aromatic carbocycles. The number of aliphatic imine (C=N–C) groups is 1. The molecule has 150 valence electrons. The summed E-state index contributed by atoms with van der Waals surface area (Å²) >= 11 is 0. The zero-order valence-corrected chi connectivity index (χ0v) is 15.3. The molecule has 1 aromatic heterocycles. The van der Waals surface area contributed by atoms with Crippen molar-refractivity contribution in [3.8, 4) is 0 Å². The van der Waals surface area contributed by atoms with Crippen molar-refractivity contribution < 1.29 is 27.3 Å². The molecule has 2 aliphatic heterocycles. The fourth-order valence-electron chi connectivity index (χ4n) is 3.34. The SMILES string of the molecule is Cn1ncc2c1[C@@H](C(=NCCCCN)NO)N1C[C@@H]2N(OS(=O)(=O)O)C1=O. The Balaban J connectivity index is 1.99. The second kappa shape index (κ2) is 7.40. The summed E-state index contributed by atoms with van der Waals surface area (Å²) in [7, 11) is -3.24. The number of carbonyl (C=O) groups is 1. The molecular formula is C13H21N7O6S. The maximum absolute atomic E-state index is 12.7. The van der Waals surface area contributed by atoms with Crippen LogP contribution < -0.4 is 11.2 Å². The van der Waals surface area contributed by atoms with Gasteiger partial charge in [0.2, 0.25) is 0 Å². The maximum Gasteiger partial charge on any atom is 0.418 e. The Bertz CT molecular complexity index is 853. The lowest BCUT2D eigenvalue weighted by atomic mass is 9.97. The van der Waals surface area contributed by atoms with Gasteiger partial charge in [0, 0.05) is 19.2 Å². The van der Waals surface area contributed by atoms with Gasteiger partial charge < -0.3 is 10.6 Å². The Morgan fingerprint density at radius 2 is 2.26 bits per heavy atom. The van der Waals surface area contributed by atoms with Crippen LogP contribution in [0.1, 0.15) is 36.2 Å². The third-order valence-electron chi connectivity index (χ3n) is 4.47. The minimum atomic E-state index is -4.89. The predicted octanol–water partition coefficient (Wildman–Crippen LogP) is -0.896. The van der Waals surface area contributed by atoms with E-state index in [9.17, 15) is 18.4 Å². The molecule has 3 heterocycles. The van der Waals surface area contributed by atoms with Crippen LogP contribution >= 0.6 is 0 Å². The lowest BCUT2D eigenvalue weighted by Gasteiger charge is -2.31. The van der Waals surface area contributed by atoms with E-state index in [1.807, 2.05) is 5.48 Å². The number of fused-ring (bicyclic) bond motifs is 4. The van der Waals surface area contributed by atoms with Crippen LogP contribution in [-0.2, 0) is 21.7 Å². The molecule has 2 aliphatic rings. The zero-order chi connectivity index (χ0) is 19.8. The quantitative estimate of drug-likeness (QED) is 0.148. The molecule has 1 aromatic rings. The number of hydrogen-bond donors (Lipinski definition) is 4. The van der Waals surface area contributed by atoms with E-state index in [0.29, 0.717) is 35.8 Å². The summed E-state index contributed by atoms with van der Waals surface area (Å²) in [4.78, 5) is 18.3. The molecular weight excluding hydrogens is 382 g/mol. The molecule has 1 saturated heterocycles. The van der Waals surface area contributed by atoms with Gasteiger partial charge >= 0.3 is 16.4 Å². The number of urea groups is 1. The fourth-order valence-corrected chi connectivity index (χ4v) is 3.71. The highest BCUT2D eigenvalue weighted by molar-refractivity contribution is 7.80. The molecule has 14 heteroatoms. The fraction of sp³-hybridized carbons (Fsp3) is 0.615. The van der Waals surface area contributed by atoms with E-state index < -0.39 is 28.5 Å². The average Bonchev–Trinajstić information content (AvgIpc) is 3.10. The van der Waals surface area contributed by atoms with Gasteiger partial charge in [0.05, 0.1) is 18.4 Å². The molecule has 1 fully saturated rings. The molecule has 2 bridgehead atoms. The van der Waals surface area contributed by atoms with Crippen LogP contribution in [0.25, 0.3) is 0 Å². The van der Waals surface area contributed by atoms with E-state index in [-0.39, 0.29) is 12.4 Å². The predicted molar refractivity (Wildman–Crippen MR) is 90.8 cm³/mol. The summed E-state index contributed by atoms with van der Waals surface area (Å²) < 4.78 is 37.2. The molecule has 0 spiro atoms. The molecule has 3 rings (SSSR count). The largest absolute Gasteiger partial charge is 0.418 e. The number of amidine groups is 1. The second-order valence-corrected chi connectivity index (χ2v) is 7.17. The Morgan fingerprint density at radius 3 is 2.89 bits per heavy atom. The minimum Gasteiger partial charge on any atom is -0.330 e. The van der Waals surface area contributed by atoms with Gasteiger partial charge in [0.25, 0.3) is 0 Å². The molecule has 2 atom stereocenters. The van der Waals surface area contributed by atoms with Crippen LogP contribution in [0.5, 0.6) is 0 Å². The van der Waals surface area contributed by atoms with E-state index in [0.717, 1.165) is 6.42 Å². The lowest BCUT2D eigenvalue weighted by molar-refractivity contribution is -0.0316. The smallest absolute Gasteiger partial charge is 0.330 e. The van der Waals surface area contributed by atoms with Gasteiger partial charge in [-0.15, -0.1) is 4.28 Å². The van der Waals surface area contributed by atoms with Gasteiger partial charge in [0.15, 0.2) is 0 Å². The molecule has 13 nitrogen and oxygen atoms in total. The summed E-state index contributed by atoms with van der Waals surface area (Å²) in [6, 6.07) is -2.39. The van der Waals surface area contributed by atoms with Crippen LogP contribution in [0.15, 0.2) is 11.2 Å². The Morgan fingerprint density at radius 1 is 1.52 bits per heavy atom.